The van der Waals surface area contributed by atoms with E-state index in [-0.39, 0.29) is 5.41 Å². The van der Waals surface area contributed by atoms with Crippen molar-refractivity contribution in [2.24, 2.45) is 0 Å². The van der Waals surface area contributed by atoms with Crippen molar-refractivity contribution in [3.8, 4) is 56.0 Å². The Morgan fingerprint density at radius 2 is 0.875 bits per heavy atom. The van der Waals surface area contributed by atoms with Gasteiger partial charge in [-0.3, -0.25) is 0 Å². The van der Waals surface area contributed by atoms with Crippen LogP contribution in [0.25, 0.3) is 55.3 Å². The molecule has 0 radical (unpaired) electrons. The van der Waals surface area contributed by atoms with E-state index < -0.39 is 0 Å². The van der Waals surface area contributed by atoms with Crippen LogP contribution in [0.2, 0.25) is 0 Å². The summed E-state index contributed by atoms with van der Waals surface area (Å²) in [5, 5.41) is 2.22. The lowest BCUT2D eigenvalue weighted by atomic mass is 9.82. The smallest absolute Gasteiger partial charge is 0.138 e. The van der Waals surface area contributed by atoms with E-state index in [0.717, 1.165) is 67.5 Å². The van der Waals surface area contributed by atoms with Crippen molar-refractivity contribution in [3.05, 3.63) is 242 Å². The summed E-state index contributed by atoms with van der Waals surface area (Å²) in [6, 6.07) is 83.1. The van der Waals surface area contributed by atoms with E-state index in [1.807, 2.05) is 0 Å². The molecule has 0 saturated carbocycles. The van der Waals surface area contributed by atoms with E-state index in [0.29, 0.717) is 0 Å². The van der Waals surface area contributed by atoms with Crippen molar-refractivity contribution in [2.75, 3.05) is 9.80 Å². The Labute approximate surface area is 374 Å². The molecule has 10 aromatic carbocycles. The Morgan fingerprint density at radius 3 is 1.56 bits per heavy atom. The van der Waals surface area contributed by atoms with Crippen molar-refractivity contribution in [1.82, 2.24) is 0 Å². The van der Waals surface area contributed by atoms with Gasteiger partial charge in [0.05, 0.1) is 11.4 Å². The third-order valence-electron chi connectivity index (χ3n) is 13.2. The number of anilines is 6. The van der Waals surface area contributed by atoms with Crippen molar-refractivity contribution in [2.45, 2.75) is 19.3 Å². The zero-order valence-corrected chi connectivity index (χ0v) is 35.7. The molecule has 1 heterocycles. The van der Waals surface area contributed by atoms with Crippen LogP contribution in [0.5, 0.6) is 11.5 Å². The first-order valence-corrected chi connectivity index (χ1v) is 22.1. The lowest BCUT2D eigenvalue weighted by Crippen LogP contribution is -2.15. The minimum absolute atomic E-state index is 0.0901. The molecule has 1 aliphatic carbocycles. The van der Waals surface area contributed by atoms with E-state index in [9.17, 15) is 0 Å². The van der Waals surface area contributed by atoms with Crippen LogP contribution in [0.3, 0.4) is 0 Å². The molecule has 2 aliphatic rings. The third-order valence-corrected chi connectivity index (χ3v) is 13.2. The fraction of sp³-hybridized carbons (Fsp3) is 0.0492. The Kier molecular flexibility index (Phi) is 8.84. The number of hydrogen-bond acceptors (Lipinski definition) is 3. The quantitative estimate of drug-likeness (QED) is 0.152. The molecule has 0 saturated heterocycles. The van der Waals surface area contributed by atoms with Crippen molar-refractivity contribution >= 4 is 44.9 Å². The van der Waals surface area contributed by atoms with Crippen molar-refractivity contribution in [1.29, 1.82) is 0 Å². The molecule has 12 rings (SSSR count). The summed E-state index contributed by atoms with van der Waals surface area (Å²) in [5.74, 6) is 1.67. The fourth-order valence-corrected chi connectivity index (χ4v) is 10.1. The largest absolute Gasteiger partial charge is 0.456 e. The Balaban J connectivity index is 1.000. The molecular weight excluding hydrogens is 777 g/mol. The molecule has 0 unspecified atom stereocenters. The Morgan fingerprint density at radius 1 is 0.344 bits per heavy atom. The van der Waals surface area contributed by atoms with Gasteiger partial charge in [0.1, 0.15) is 11.5 Å². The minimum atomic E-state index is -0.0901. The van der Waals surface area contributed by atoms with Crippen LogP contribution >= 0.6 is 0 Å². The summed E-state index contributed by atoms with van der Waals surface area (Å²) in [5.41, 5.74) is 18.6. The highest BCUT2D eigenvalue weighted by molar-refractivity contribution is 6.09. The first kappa shape index (κ1) is 37.6. The normalized spacial score (nSPS) is 12.8. The molecular formula is C61H44N2O. The molecule has 3 nitrogen and oxygen atoms in total. The van der Waals surface area contributed by atoms with Crippen LogP contribution in [0.1, 0.15) is 25.0 Å². The highest BCUT2D eigenvalue weighted by Gasteiger charge is 2.36. The second kappa shape index (κ2) is 15.0. The maximum Gasteiger partial charge on any atom is 0.138 e. The zero-order valence-electron chi connectivity index (χ0n) is 35.7. The molecule has 3 heteroatoms. The molecule has 0 atom stereocenters. The molecule has 10 aromatic rings. The van der Waals surface area contributed by atoms with Gasteiger partial charge in [0.2, 0.25) is 0 Å². The highest BCUT2D eigenvalue weighted by atomic mass is 16.5. The Bertz CT molecular complexity index is 3320. The van der Waals surface area contributed by atoms with Gasteiger partial charge in [-0.2, -0.15) is 0 Å². The van der Waals surface area contributed by atoms with Gasteiger partial charge in [0.15, 0.2) is 0 Å². The van der Waals surface area contributed by atoms with Gasteiger partial charge in [0, 0.05) is 45.2 Å². The van der Waals surface area contributed by atoms with Crippen LogP contribution in [0, 0.1) is 0 Å². The molecule has 0 aromatic heterocycles. The van der Waals surface area contributed by atoms with Crippen LogP contribution in [-0.4, -0.2) is 0 Å². The number of nitrogens with zero attached hydrogens (tertiary/aromatic N) is 2. The summed E-state index contributed by atoms with van der Waals surface area (Å²) >= 11 is 0. The van der Waals surface area contributed by atoms with Gasteiger partial charge < -0.3 is 14.5 Å². The number of hydrogen-bond donors (Lipinski definition) is 0. The average Bonchev–Trinajstić information content (AvgIpc) is 3.58. The molecule has 0 spiro atoms. The molecule has 304 valence electrons. The summed E-state index contributed by atoms with van der Waals surface area (Å²) in [7, 11) is 0. The average molecular weight is 821 g/mol. The molecule has 0 amide bonds. The van der Waals surface area contributed by atoms with Crippen LogP contribution in [0.4, 0.5) is 34.1 Å². The number of rotatable bonds is 8. The summed E-state index contributed by atoms with van der Waals surface area (Å²) in [6.07, 6.45) is 0. The molecule has 0 bridgehead atoms. The van der Waals surface area contributed by atoms with Gasteiger partial charge in [0.25, 0.3) is 0 Å². The van der Waals surface area contributed by atoms with E-state index in [2.05, 4.69) is 254 Å². The minimum Gasteiger partial charge on any atom is -0.456 e. The molecule has 0 fully saturated rings. The summed E-state index contributed by atoms with van der Waals surface area (Å²) < 4.78 is 7.09. The summed E-state index contributed by atoms with van der Waals surface area (Å²) in [6.45, 7) is 4.68. The van der Waals surface area contributed by atoms with Gasteiger partial charge >= 0.3 is 0 Å². The lowest BCUT2D eigenvalue weighted by molar-refractivity contribution is 0.487. The third kappa shape index (κ3) is 6.20. The van der Waals surface area contributed by atoms with Gasteiger partial charge in [-0.25, -0.2) is 0 Å². The van der Waals surface area contributed by atoms with Crippen LogP contribution in [-0.2, 0) is 5.41 Å². The first-order valence-electron chi connectivity index (χ1n) is 22.1. The predicted octanol–water partition coefficient (Wildman–Crippen LogP) is 17.2. The number of ether oxygens (including phenoxy) is 1. The van der Waals surface area contributed by atoms with E-state index in [1.54, 1.807) is 0 Å². The van der Waals surface area contributed by atoms with Gasteiger partial charge in [-0.15, -0.1) is 0 Å². The maximum atomic E-state index is 7.09. The number of fused-ring (bicyclic) bond motifs is 5. The second-order valence-electron chi connectivity index (χ2n) is 17.3. The standard InChI is InChI=1S/C61H44N2O/c1-61(2)54-25-13-12-23-51(54)53-39-49(36-37-55(53)61)62(48-34-32-44(33-35-48)43-30-28-42(29-31-43)41-16-6-3-7-17-41)50-38-45-18-14-24-52-59(45)58(40-50)64-57-27-15-26-56(60(52)57)63(46-19-8-4-9-20-46)47-21-10-5-11-22-47/h3-40H,1-2H3. The van der Waals surface area contributed by atoms with Gasteiger partial charge in [-0.1, -0.05) is 172 Å². The molecule has 1 aliphatic heterocycles. The molecule has 64 heavy (non-hydrogen) atoms. The zero-order chi connectivity index (χ0) is 42.8. The van der Waals surface area contributed by atoms with Crippen LogP contribution < -0.4 is 14.5 Å². The van der Waals surface area contributed by atoms with E-state index in [4.69, 9.17) is 4.74 Å². The first-order chi connectivity index (χ1) is 31.5. The highest BCUT2D eigenvalue weighted by Crippen LogP contribution is 2.55. The monoisotopic (exact) mass is 820 g/mol. The van der Waals surface area contributed by atoms with Crippen LogP contribution in [0.15, 0.2) is 231 Å². The van der Waals surface area contributed by atoms with Crippen molar-refractivity contribution in [3.63, 3.8) is 0 Å². The number of para-hydroxylation sites is 2. The van der Waals surface area contributed by atoms with E-state index >= 15 is 0 Å². The number of benzene rings is 10. The Hall–Kier alpha value is -8.14. The predicted molar refractivity (Wildman–Crippen MR) is 267 cm³/mol. The molecule has 0 N–H and O–H groups in total. The van der Waals surface area contributed by atoms with Gasteiger partial charge in [-0.05, 0) is 122 Å². The summed E-state index contributed by atoms with van der Waals surface area (Å²) in [4.78, 5) is 4.72. The fourth-order valence-electron chi connectivity index (χ4n) is 10.1. The van der Waals surface area contributed by atoms with Crippen molar-refractivity contribution < 1.29 is 4.74 Å². The maximum absolute atomic E-state index is 7.09. The lowest BCUT2D eigenvalue weighted by Gasteiger charge is -2.32. The second-order valence-corrected chi connectivity index (χ2v) is 17.3. The van der Waals surface area contributed by atoms with E-state index in [1.165, 1.54) is 44.5 Å². The topological polar surface area (TPSA) is 15.7 Å². The SMILES string of the molecule is CC1(C)c2ccccc2-c2cc(N(c3ccc(-c4ccc(-c5ccccc5)cc4)cc3)c3cc4c5c(cccc5c3)-c3c(cccc3N(c3ccccc3)c3ccccc3)O4)ccc21.